The topological polar surface area (TPSA) is 83.9 Å². The molecule has 6 nitrogen and oxygen atoms in total. The first-order valence-corrected chi connectivity index (χ1v) is 9.91. The highest BCUT2D eigenvalue weighted by Gasteiger charge is 2.29. The summed E-state index contributed by atoms with van der Waals surface area (Å²) in [5.74, 6) is -1.04. The first kappa shape index (κ1) is 17.4. The number of sulfonamides is 1. The number of hydrogen-bond donors (Lipinski definition) is 1. The molecule has 1 N–H and O–H groups in total. The van der Waals surface area contributed by atoms with E-state index in [9.17, 15) is 18.3 Å². The summed E-state index contributed by atoms with van der Waals surface area (Å²) in [6, 6.07) is 6.07. The summed E-state index contributed by atoms with van der Waals surface area (Å²) in [6.07, 6.45) is 4.57. The Bertz CT molecular complexity index is 673. The first-order valence-electron chi connectivity index (χ1n) is 8.47. The van der Waals surface area contributed by atoms with Crippen LogP contribution in [0.25, 0.3) is 0 Å². The fraction of sp³-hybridized carbons (Fsp3) is 0.588. The maximum Gasteiger partial charge on any atom is 0.337 e. The van der Waals surface area contributed by atoms with Gasteiger partial charge in [-0.2, -0.15) is 4.31 Å². The van der Waals surface area contributed by atoms with Gasteiger partial charge in [-0.15, -0.1) is 0 Å². The molecule has 0 radical (unpaired) electrons. The third-order valence-corrected chi connectivity index (χ3v) is 6.65. The Labute approximate surface area is 142 Å². The van der Waals surface area contributed by atoms with E-state index in [0.29, 0.717) is 18.7 Å². The first-order chi connectivity index (χ1) is 11.5. The van der Waals surface area contributed by atoms with Crippen molar-refractivity contribution in [1.29, 1.82) is 0 Å². The molecule has 1 saturated carbocycles. The van der Waals surface area contributed by atoms with Crippen LogP contribution in [0.4, 0.5) is 0 Å². The van der Waals surface area contributed by atoms with Crippen molar-refractivity contribution in [3.63, 3.8) is 0 Å². The van der Waals surface area contributed by atoms with Crippen LogP contribution < -0.4 is 0 Å². The standard InChI is InChI=1S/C17H23NO5S/c19-17(20)16(23-14-5-1-2-6-14)13-7-9-15(10-8-13)24(21,22)18-11-3-4-12-18/h7-10,14,16H,1-6,11-12H2,(H,19,20). The number of benzene rings is 1. The summed E-state index contributed by atoms with van der Waals surface area (Å²) in [4.78, 5) is 11.7. The zero-order valence-electron chi connectivity index (χ0n) is 13.6. The van der Waals surface area contributed by atoms with Crippen molar-refractivity contribution in [2.24, 2.45) is 0 Å². The summed E-state index contributed by atoms with van der Waals surface area (Å²) in [5.41, 5.74) is 0.481. The summed E-state index contributed by atoms with van der Waals surface area (Å²) < 4.78 is 32.2. The molecule has 0 amide bonds. The van der Waals surface area contributed by atoms with Crippen molar-refractivity contribution < 1.29 is 23.1 Å². The highest BCUT2D eigenvalue weighted by Crippen LogP contribution is 2.29. The van der Waals surface area contributed by atoms with E-state index in [1.54, 1.807) is 12.1 Å². The number of ether oxygens (including phenoxy) is 1. The van der Waals surface area contributed by atoms with Gasteiger partial charge in [0.1, 0.15) is 0 Å². The normalized spacial score (nSPS) is 21.2. The van der Waals surface area contributed by atoms with Crippen LogP contribution in [-0.2, 0) is 19.6 Å². The van der Waals surface area contributed by atoms with Crippen LogP contribution in [0.3, 0.4) is 0 Å². The largest absolute Gasteiger partial charge is 0.479 e. The number of aliphatic carboxylic acids is 1. The number of carbonyl (C=O) groups is 1. The van der Waals surface area contributed by atoms with Crippen LogP contribution in [0.2, 0.25) is 0 Å². The Kier molecular flexibility index (Phi) is 5.22. The van der Waals surface area contributed by atoms with Gasteiger partial charge in [0.2, 0.25) is 10.0 Å². The van der Waals surface area contributed by atoms with Crippen molar-refractivity contribution in [2.75, 3.05) is 13.1 Å². The molecule has 1 aromatic carbocycles. The average molecular weight is 353 g/mol. The third-order valence-electron chi connectivity index (χ3n) is 4.74. The SMILES string of the molecule is O=C(O)C(OC1CCCC1)c1ccc(S(=O)(=O)N2CCCC2)cc1. The Hall–Kier alpha value is -1.44. The summed E-state index contributed by atoms with van der Waals surface area (Å²) in [7, 11) is -3.48. The average Bonchev–Trinajstić information content (AvgIpc) is 3.26. The van der Waals surface area contributed by atoms with E-state index in [-0.39, 0.29) is 11.0 Å². The van der Waals surface area contributed by atoms with Crippen LogP contribution in [0.5, 0.6) is 0 Å². The third kappa shape index (κ3) is 3.63. The number of carboxylic acids is 1. The molecule has 2 fully saturated rings. The van der Waals surface area contributed by atoms with E-state index in [0.717, 1.165) is 38.5 Å². The number of hydrogen-bond acceptors (Lipinski definition) is 4. The van der Waals surface area contributed by atoms with Gasteiger partial charge in [-0.05, 0) is 43.4 Å². The zero-order valence-corrected chi connectivity index (χ0v) is 14.4. The minimum atomic E-state index is -3.48. The maximum absolute atomic E-state index is 12.5. The lowest BCUT2D eigenvalue weighted by molar-refractivity contribution is -0.154. The number of nitrogens with zero attached hydrogens (tertiary/aromatic N) is 1. The highest BCUT2D eigenvalue weighted by molar-refractivity contribution is 7.89. The lowest BCUT2D eigenvalue weighted by Crippen LogP contribution is -2.28. The second-order valence-electron chi connectivity index (χ2n) is 6.44. The van der Waals surface area contributed by atoms with E-state index in [1.807, 2.05) is 0 Å². The molecule has 24 heavy (non-hydrogen) atoms. The molecule has 1 aromatic rings. The van der Waals surface area contributed by atoms with Crippen LogP contribution >= 0.6 is 0 Å². The van der Waals surface area contributed by atoms with E-state index >= 15 is 0 Å². The number of carboxylic acid groups (broad SMARTS) is 1. The molecule has 132 valence electrons. The molecule has 0 aromatic heterocycles. The number of rotatable bonds is 6. The molecule has 1 heterocycles. The summed E-state index contributed by atoms with van der Waals surface area (Å²) >= 11 is 0. The quantitative estimate of drug-likeness (QED) is 0.850. The van der Waals surface area contributed by atoms with Gasteiger partial charge in [-0.1, -0.05) is 25.0 Å². The maximum atomic E-state index is 12.5. The van der Waals surface area contributed by atoms with Gasteiger partial charge >= 0.3 is 5.97 Å². The second-order valence-corrected chi connectivity index (χ2v) is 8.38. The fourth-order valence-corrected chi connectivity index (χ4v) is 4.91. The molecule has 1 aliphatic heterocycles. The fourth-order valence-electron chi connectivity index (χ4n) is 3.39. The Morgan fingerprint density at radius 3 is 2.21 bits per heavy atom. The molecular weight excluding hydrogens is 330 g/mol. The van der Waals surface area contributed by atoms with Crippen LogP contribution in [-0.4, -0.2) is 43.0 Å². The van der Waals surface area contributed by atoms with Crippen LogP contribution in [0.1, 0.15) is 50.2 Å². The molecule has 7 heteroatoms. The van der Waals surface area contributed by atoms with Gasteiger partial charge in [0, 0.05) is 13.1 Å². The monoisotopic (exact) mass is 353 g/mol. The molecule has 1 saturated heterocycles. The molecular formula is C17H23NO5S. The van der Waals surface area contributed by atoms with Gasteiger partial charge in [-0.3, -0.25) is 0 Å². The molecule has 1 atom stereocenters. The molecule has 1 unspecified atom stereocenters. The molecule has 0 spiro atoms. The van der Waals surface area contributed by atoms with Crippen molar-refractivity contribution in [3.8, 4) is 0 Å². The van der Waals surface area contributed by atoms with Crippen molar-refractivity contribution in [1.82, 2.24) is 4.31 Å². The van der Waals surface area contributed by atoms with Gasteiger partial charge in [0.05, 0.1) is 11.0 Å². The highest BCUT2D eigenvalue weighted by atomic mass is 32.2. The van der Waals surface area contributed by atoms with Crippen molar-refractivity contribution >= 4 is 16.0 Å². The van der Waals surface area contributed by atoms with Gasteiger partial charge in [0.25, 0.3) is 0 Å². The van der Waals surface area contributed by atoms with Crippen molar-refractivity contribution in [2.45, 2.75) is 55.6 Å². The molecule has 3 rings (SSSR count). The Morgan fingerprint density at radius 2 is 1.67 bits per heavy atom. The Balaban J connectivity index is 1.77. The lowest BCUT2D eigenvalue weighted by atomic mass is 10.1. The second kappa shape index (κ2) is 7.21. The van der Waals surface area contributed by atoms with E-state index in [1.165, 1.54) is 16.4 Å². The van der Waals surface area contributed by atoms with Gasteiger partial charge < -0.3 is 9.84 Å². The van der Waals surface area contributed by atoms with Crippen LogP contribution in [0, 0.1) is 0 Å². The van der Waals surface area contributed by atoms with E-state index < -0.39 is 22.1 Å². The predicted octanol–water partition coefficient (Wildman–Crippen LogP) is 2.56. The lowest BCUT2D eigenvalue weighted by Gasteiger charge is -2.20. The van der Waals surface area contributed by atoms with Gasteiger partial charge in [-0.25, -0.2) is 13.2 Å². The smallest absolute Gasteiger partial charge is 0.337 e. The summed E-state index contributed by atoms with van der Waals surface area (Å²) in [5, 5.41) is 9.44. The summed E-state index contributed by atoms with van der Waals surface area (Å²) in [6.45, 7) is 1.10. The van der Waals surface area contributed by atoms with Crippen LogP contribution in [0.15, 0.2) is 29.2 Å². The molecule has 1 aliphatic carbocycles. The minimum absolute atomic E-state index is 0.0286. The van der Waals surface area contributed by atoms with Gasteiger partial charge in [0.15, 0.2) is 6.10 Å². The van der Waals surface area contributed by atoms with E-state index in [2.05, 4.69) is 0 Å². The van der Waals surface area contributed by atoms with E-state index in [4.69, 9.17) is 4.74 Å². The Morgan fingerprint density at radius 1 is 1.08 bits per heavy atom. The molecule has 0 bridgehead atoms. The van der Waals surface area contributed by atoms with Crippen molar-refractivity contribution in [3.05, 3.63) is 29.8 Å². The predicted molar refractivity (Wildman–Crippen MR) is 88.2 cm³/mol. The zero-order chi connectivity index (χ0) is 17.2. The molecule has 2 aliphatic rings. The minimum Gasteiger partial charge on any atom is -0.479 e.